The highest BCUT2D eigenvalue weighted by Gasteiger charge is 2.36. The Balaban J connectivity index is 1.28. The number of H-pyrrole nitrogens is 1. The van der Waals surface area contributed by atoms with Crippen LogP contribution in [-0.2, 0) is 23.8 Å². The van der Waals surface area contributed by atoms with Gasteiger partial charge in [-0.15, -0.1) is 0 Å². The number of carbonyl (C=O) groups excluding carboxylic acids is 1. The fourth-order valence-corrected chi connectivity index (χ4v) is 6.04. The molecule has 1 heterocycles. The molecule has 2 aliphatic rings. The van der Waals surface area contributed by atoms with Crippen molar-refractivity contribution in [3.05, 3.63) is 100 Å². The van der Waals surface area contributed by atoms with Crippen molar-refractivity contribution in [3.8, 4) is 11.4 Å². The molecule has 1 unspecified atom stereocenters. The molecule has 0 radical (unpaired) electrons. The number of aromatic amines is 1. The second kappa shape index (κ2) is 10.5. The third-order valence-corrected chi connectivity index (χ3v) is 7.95. The summed E-state index contributed by atoms with van der Waals surface area (Å²) in [5, 5.41) is 7.34. The zero-order chi connectivity index (χ0) is 29.8. The van der Waals surface area contributed by atoms with Crippen LogP contribution in [-0.4, -0.2) is 27.0 Å². The molecule has 0 bridgehead atoms. The summed E-state index contributed by atoms with van der Waals surface area (Å²) in [4.78, 5) is 17.0. The summed E-state index contributed by atoms with van der Waals surface area (Å²) < 4.78 is 80.3. The van der Waals surface area contributed by atoms with Crippen LogP contribution in [0.5, 0.6) is 0 Å². The largest absolute Gasteiger partial charge is 0.451 e. The van der Waals surface area contributed by atoms with E-state index in [1.54, 1.807) is 12.1 Å². The summed E-state index contributed by atoms with van der Waals surface area (Å²) in [7, 11) is 0. The lowest BCUT2D eigenvalue weighted by molar-refractivity contribution is -0.144. The Bertz CT molecular complexity index is 1790. The molecule has 2 atom stereocenters. The normalized spacial score (nSPS) is 17.4. The summed E-state index contributed by atoms with van der Waals surface area (Å²) in [5.41, 5.74) is 10.4. The van der Waals surface area contributed by atoms with E-state index < -0.39 is 41.4 Å². The Hall–Kier alpha value is -4.25. The molecule has 0 saturated heterocycles. The molecule has 11 heteroatoms. The summed E-state index contributed by atoms with van der Waals surface area (Å²) >= 11 is 0. The van der Waals surface area contributed by atoms with Crippen molar-refractivity contribution < 1.29 is 31.1 Å². The van der Waals surface area contributed by atoms with Crippen molar-refractivity contribution in [2.75, 3.05) is 0 Å². The number of carbonyl (C=O) groups is 1. The molecule has 0 aliphatic heterocycles. The second-order valence-corrected chi connectivity index (χ2v) is 10.6. The second-order valence-electron chi connectivity index (χ2n) is 10.6. The monoisotopic (exact) mass is 582 g/mol. The minimum Gasteiger partial charge on any atom is -0.327 e. The van der Waals surface area contributed by atoms with E-state index in [4.69, 9.17) is 5.73 Å². The number of aryl methyl sites for hydroxylation is 1. The summed E-state index contributed by atoms with van der Waals surface area (Å²) in [6, 6.07) is 9.53. The van der Waals surface area contributed by atoms with Gasteiger partial charge in [0.05, 0.1) is 0 Å². The molecule has 0 saturated carbocycles. The molecule has 0 spiro atoms. The van der Waals surface area contributed by atoms with E-state index >= 15 is 0 Å². The molecule has 0 fully saturated rings. The van der Waals surface area contributed by atoms with Gasteiger partial charge in [-0.3, -0.25) is 9.89 Å². The van der Waals surface area contributed by atoms with E-state index in [-0.39, 0.29) is 30.0 Å². The molecule has 1 aromatic heterocycles. The van der Waals surface area contributed by atoms with Crippen molar-refractivity contribution in [2.24, 2.45) is 11.7 Å². The van der Waals surface area contributed by atoms with Crippen molar-refractivity contribution in [1.82, 2.24) is 15.2 Å². The molecule has 2 aliphatic carbocycles. The van der Waals surface area contributed by atoms with E-state index in [1.165, 1.54) is 0 Å². The van der Waals surface area contributed by atoms with Crippen LogP contribution < -0.4 is 5.73 Å². The van der Waals surface area contributed by atoms with Gasteiger partial charge in [0.15, 0.2) is 17.5 Å². The van der Waals surface area contributed by atoms with Crippen LogP contribution in [0.3, 0.4) is 0 Å². The number of halogens is 6. The first-order valence-electron chi connectivity index (χ1n) is 13.4. The SMILES string of the molecule is N[C@@H](CC(=O)C1CC=CC2=C1CCc1c2ccc2c(-c3n[nH]c(C(F)(F)F)n3)cccc12)Cc1cc(F)c(F)cc1F. The number of benzene rings is 3. The maximum Gasteiger partial charge on any atom is 0.451 e. The van der Waals surface area contributed by atoms with E-state index in [9.17, 15) is 31.1 Å². The van der Waals surface area contributed by atoms with Gasteiger partial charge in [-0.05, 0) is 64.8 Å². The van der Waals surface area contributed by atoms with E-state index in [0.717, 1.165) is 39.1 Å². The number of aromatic nitrogens is 3. The Morgan fingerprint density at radius 3 is 2.55 bits per heavy atom. The zero-order valence-corrected chi connectivity index (χ0v) is 22.0. The Morgan fingerprint density at radius 2 is 1.79 bits per heavy atom. The van der Waals surface area contributed by atoms with E-state index in [2.05, 4.69) is 10.1 Å². The molecule has 5 nitrogen and oxygen atoms in total. The number of alkyl halides is 3. The van der Waals surface area contributed by atoms with Gasteiger partial charge in [0.1, 0.15) is 11.6 Å². The molecule has 4 aromatic rings. The number of fused-ring (bicyclic) bond motifs is 4. The van der Waals surface area contributed by atoms with Crippen molar-refractivity contribution in [1.29, 1.82) is 0 Å². The highest BCUT2D eigenvalue weighted by Crippen LogP contribution is 2.44. The Kier molecular flexibility index (Phi) is 7.00. The third-order valence-electron chi connectivity index (χ3n) is 7.95. The van der Waals surface area contributed by atoms with Crippen LogP contribution in [0.1, 0.15) is 41.8 Å². The van der Waals surface area contributed by atoms with Crippen molar-refractivity contribution >= 4 is 22.1 Å². The van der Waals surface area contributed by atoms with Crippen LogP contribution in [0.4, 0.5) is 26.3 Å². The average Bonchev–Trinajstić information content (AvgIpc) is 3.46. The fourth-order valence-electron chi connectivity index (χ4n) is 6.04. The van der Waals surface area contributed by atoms with Gasteiger partial charge in [-0.1, -0.05) is 48.1 Å². The first-order valence-corrected chi connectivity index (χ1v) is 13.4. The van der Waals surface area contributed by atoms with Gasteiger partial charge in [0.25, 0.3) is 0 Å². The van der Waals surface area contributed by atoms with Crippen LogP contribution in [0.2, 0.25) is 0 Å². The lowest BCUT2D eigenvalue weighted by atomic mass is 9.73. The van der Waals surface area contributed by atoms with E-state index in [0.29, 0.717) is 30.9 Å². The minimum atomic E-state index is -4.64. The number of hydrogen-bond donors (Lipinski definition) is 2. The van der Waals surface area contributed by atoms with Crippen LogP contribution >= 0.6 is 0 Å². The number of hydrogen-bond acceptors (Lipinski definition) is 4. The lowest BCUT2D eigenvalue weighted by Gasteiger charge is -2.31. The maximum absolute atomic E-state index is 14.1. The molecule has 42 heavy (non-hydrogen) atoms. The minimum absolute atomic E-state index is 0.0496. The Morgan fingerprint density at radius 1 is 1.00 bits per heavy atom. The number of nitrogens with two attached hydrogens (primary N) is 1. The van der Waals surface area contributed by atoms with Crippen LogP contribution in [0.15, 0.2) is 60.2 Å². The molecular formula is C31H24F6N4O. The molecule has 216 valence electrons. The average molecular weight is 583 g/mol. The quantitative estimate of drug-likeness (QED) is 0.192. The number of allylic oxidation sites excluding steroid dienone is 4. The molecule has 3 aromatic carbocycles. The van der Waals surface area contributed by atoms with Gasteiger partial charge in [-0.2, -0.15) is 18.3 Å². The lowest BCUT2D eigenvalue weighted by Crippen LogP contribution is -2.31. The van der Waals surface area contributed by atoms with Crippen LogP contribution in [0.25, 0.3) is 27.7 Å². The number of Topliss-reactive ketones (excluding diaryl/α,β-unsaturated/α-hetero) is 1. The van der Waals surface area contributed by atoms with Crippen LogP contribution in [0, 0.1) is 23.4 Å². The summed E-state index contributed by atoms with van der Waals surface area (Å²) in [5.74, 6) is -5.13. The van der Waals surface area contributed by atoms with Gasteiger partial charge < -0.3 is 5.73 Å². The molecule has 0 amide bonds. The number of nitrogens with one attached hydrogen (secondary N) is 1. The number of ketones is 1. The van der Waals surface area contributed by atoms with E-state index in [1.807, 2.05) is 35.4 Å². The van der Waals surface area contributed by atoms with Gasteiger partial charge in [0, 0.05) is 30.0 Å². The summed E-state index contributed by atoms with van der Waals surface area (Å²) in [6.07, 6.45) is 0.784. The standard InChI is InChI=1S/C31H24F6N4O/c32-25-14-27(34)26(33)12-15(25)11-16(38)13-28(42)23-5-1-3-17-19-8-10-22-18(20(19)7-9-21(17)23)4-2-6-24(22)29-39-30(41-40-29)31(35,36)37/h1-4,6,8,10,12,14,16,23H,5,7,9,11,13,38H2,(H,39,40,41)/t16-,23?/m1/s1. The first kappa shape index (κ1) is 27.9. The topological polar surface area (TPSA) is 84.7 Å². The number of rotatable bonds is 6. The predicted molar refractivity (Wildman–Crippen MR) is 144 cm³/mol. The molecule has 3 N–H and O–H groups in total. The highest BCUT2D eigenvalue weighted by atomic mass is 19.4. The predicted octanol–water partition coefficient (Wildman–Crippen LogP) is 6.87. The van der Waals surface area contributed by atoms with Gasteiger partial charge in [0.2, 0.25) is 5.82 Å². The van der Waals surface area contributed by atoms with Gasteiger partial charge >= 0.3 is 6.18 Å². The molecular weight excluding hydrogens is 558 g/mol. The zero-order valence-electron chi connectivity index (χ0n) is 22.0. The van der Waals surface area contributed by atoms with Crippen molar-refractivity contribution in [2.45, 2.75) is 44.3 Å². The maximum atomic E-state index is 14.1. The summed E-state index contributed by atoms with van der Waals surface area (Å²) in [6.45, 7) is 0. The van der Waals surface area contributed by atoms with Crippen molar-refractivity contribution in [3.63, 3.8) is 0 Å². The highest BCUT2D eigenvalue weighted by molar-refractivity contribution is 6.01. The smallest absolute Gasteiger partial charge is 0.327 e. The number of nitrogens with zero attached hydrogens (tertiary/aromatic N) is 2. The third kappa shape index (κ3) is 5.02. The Labute approximate surface area is 236 Å². The molecule has 6 rings (SSSR count). The van der Waals surface area contributed by atoms with Gasteiger partial charge in [-0.25, -0.2) is 18.2 Å². The first-order chi connectivity index (χ1) is 20.0. The fraction of sp³-hybridized carbons (Fsp3) is 0.258.